The van der Waals surface area contributed by atoms with Gasteiger partial charge in [0.2, 0.25) is 0 Å². The zero-order valence-electron chi connectivity index (χ0n) is 16.8. The van der Waals surface area contributed by atoms with Crippen molar-refractivity contribution in [2.45, 2.75) is 32.6 Å². The molecule has 1 radical (unpaired) electrons. The molecule has 5 N–H and O–H groups in total. The van der Waals surface area contributed by atoms with Gasteiger partial charge in [-0.3, -0.25) is 0 Å². The normalized spacial score (nSPS) is 10.6. The Morgan fingerprint density at radius 1 is 1.00 bits per heavy atom. The minimum absolute atomic E-state index is 0. The number of nitrogens with zero attached hydrogens (tertiary/aromatic N) is 2. The molecule has 0 aliphatic rings. The monoisotopic (exact) mass is 480 g/mol. The van der Waals surface area contributed by atoms with Crippen molar-refractivity contribution in [2.24, 2.45) is 10.2 Å². The van der Waals surface area contributed by atoms with Crippen molar-refractivity contribution in [1.29, 1.82) is 0 Å². The molecule has 0 atom stereocenters. The van der Waals surface area contributed by atoms with Crippen molar-refractivity contribution in [1.82, 2.24) is 0 Å². The van der Waals surface area contributed by atoms with Gasteiger partial charge in [-0.15, -0.1) is 14.6 Å². The first-order valence-electron chi connectivity index (χ1n) is 8.83. The number of phenolic OH excluding ortho intramolecular Hbond substituents is 2. The van der Waals surface area contributed by atoms with Crippen LogP contribution in [0.4, 0.5) is 17.1 Å². The van der Waals surface area contributed by atoms with Gasteiger partial charge in [-0.25, -0.2) is 5.26 Å². The summed E-state index contributed by atoms with van der Waals surface area (Å²) in [6.07, 6.45) is 0. The van der Waals surface area contributed by atoms with Crippen molar-refractivity contribution in [3.63, 3.8) is 0 Å². The molecule has 0 saturated heterocycles. The zero-order valence-corrected chi connectivity index (χ0v) is 18.6. The molecule has 8 nitrogen and oxygen atoms in total. The molecule has 0 heterocycles. The summed E-state index contributed by atoms with van der Waals surface area (Å²) in [5, 5.41) is 42.0. The molecule has 0 fully saturated rings. The fraction of sp³-hybridized carbons (Fsp3) is 0.200. The molecule has 3 aromatic carbocycles. The Morgan fingerprint density at radius 2 is 1.70 bits per heavy atom. The Kier molecular flexibility index (Phi) is 10.1. The standard InChI is InChI=1S/C18H17N3O5S.C2H6.Cu/c1-9-3-6-12(13(22)7-9)20-21-17-14(27-26-25-24)8-11-5-4-10(2)16(19)15(11)18(17)23;1-2;/h3-8,22-24H,19H2,1-2H3;1-2H3;. The van der Waals surface area contributed by atoms with E-state index in [0.29, 0.717) is 33.4 Å². The summed E-state index contributed by atoms with van der Waals surface area (Å²) in [5.41, 5.74) is 8.48. The minimum Gasteiger partial charge on any atom is -0.506 e. The van der Waals surface area contributed by atoms with Gasteiger partial charge in [-0.1, -0.05) is 37.1 Å². The molecule has 0 bridgehead atoms. The average molecular weight is 481 g/mol. The van der Waals surface area contributed by atoms with Crippen LogP contribution in [0.3, 0.4) is 0 Å². The van der Waals surface area contributed by atoms with E-state index in [1.165, 1.54) is 0 Å². The van der Waals surface area contributed by atoms with E-state index in [4.69, 9.17) is 11.0 Å². The number of phenols is 2. The van der Waals surface area contributed by atoms with E-state index in [9.17, 15) is 10.2 Å². The molecule has 3 aromatic rings. The van der Waals surface area contributed by atoms with Crippen molar-refractivity contribution in [3.8, 4) is 11.5 Å². The number of rotatable bonds is 5. The van der Waals surface area contributed by atoms with Crippen molar-refractivity contribution in [2.75, 3.05) is 5.73 Å². The Hall–Kier alpha value is -2.33. The summed E-state index contributed by atoms with van der Waals surface area (Å²) < 4.78 is 4.49. The van der Waals surface area contributed by atoms with Crippen LogP contribution in [0.25, 0.3) is 10.8 Å². The van der Waals surface area contributed by atoms with Gasteiger partial charge in [0.1, 0.15) is 17.1 Å². The molecule has 0 amide bonds. The van der Waals surface area contributed by atoms with Gasteiger partial charge < -0.3 is 15.9 Å². The second-order valence-electron chi connectivity index (χ2n) is 5.88. The SMILES string of the molecule is CC.Cc1ccc(N=Nc2c(SOOO)cc3ccc(C)c(N)c3c2O)c(O)c1.[Cu]. The van der Waals surface area contributed by atoms with Gasteiger partial charge in [0.15, 0.2) is 5.75 Å². The van der Waals surface area contributed by atoms with Crippen LogP contribution in [0.2, 0.25) is 0 Å². The predicted molar refractivity (Wildman–Crippen MR) is 114 cm³/mol. The number of aryl methyl sites for hydroxylation is 2. The van der Waals surface area contributed by atoms with E-state index in [2.05, 4.69) is 19.6 Å². The summed E-state index contributed by atoms with van der Waals surface area (Å²) in [5.74, 6) is -0.244. The molecule has 0 aromatic heterocycles. The van der Waals surface area contributed by atoms with Crippen LogP contribution in [0.1, 0.15) is 25.0 Å². The third kappa shape index (κ3) is 5.63. The molecule has 0 aliphatic heterocycles. The Morgan fingerprint density at radius 3 is 2.33 bits per heavy atom. The van der Waals surface area contributed by atoms with Gasteiger partial charge >= 0.3 is 0 Å². The van der Waals surface area contributed by atoms with Crippen molar-refractivity contribution in [3.05, 3.63) is 47.5 Å². The molecule has 165 valence electrons. The summed E-state index contributed by atoms with van der Waals surface area (Å²) in [6.45, 7) is 7.66. The minimum atomic E-state index is -0.201. The predicted octanol–water partition coefficient (Wildman–Crippen LogP) is 6.32. The number of nitrogen functional groups attached to an aromatic ring is 1. The number of anilines is 1. The second kappa shape index (κ2) is 11.8. The Bertz CT molecular complexity index is 1050. The summed E-state index contributed by atoms with van der Waals surface area (Å²) in [6, 6.07) is 10.2. The third-order valence-electron chi connectivity index (χ3n) is 4.02. The van der Waals surface area contributed by atoms with Crippen LogP contribution in [-0.2, 0) is 26.4 Å². The molecule has 3 rings (SSSR count). The van der Waals surface area contributed by atoms with E-state index in [-0.39, 0.29) is 39.9 Å². The fourth-order valence-electron chi connectivity index (χ4n) is 2.60. The summed E-state index contributed by atoms with van der Waals surface area (Å²) >= 11 is 0.639. The molecule has 0 unspecified atom stereocenters. The van der Waals surface area contributed by atoms with Crippen LogP contribution >= 0.6 is 12.0 Å². The van der Waals surface area contributed by atoms with E-state index in [1.807, 2.05) is 33.8 Å². The van der Waals surface area contributed by atoms with Gasteiger partial charge in [0.25, 0.3) is 0 Å². The first-order valence-corrected chi connectivity index (χ1v) is 9.57. The van der Waals surface area contributed by atoms with E-state index in [0.717, 1.165) is 11.1 Å². The zero-order chi connectivity index (χ0) is 21.6. The second-order valence-corrected chi connectivity index (χ2v) is 6.63. The Balaban J connectivity index is 0.00000146. The number of nitrogens with two attached hydrogens (primary N) is 1. The van der Waals surface area contributed by atoms with Crippen molar-refractivity contribution >= 4 is 39.9 Å². The number of fused-ring (bicyclic) bond motifs is 1. The van der Waals surface area contributed by atoms with Gasteiger partial charge in [0, 0.05) is 28.1 Å². The summed E-state index contributed by atoms with van der Waals surface area (Å²) in [7, 11) is 0. The molecule has 30 heavy (non-hydrogen) atoms. The molecule has 0 aliphatic carbocycles. The van der Waals surface area contributed by atoms with Crippen LogP contribution in [0, 0.1) is 13.8 Å². The van der Waals surface area contributed by atoms with Crippen LogP contribution in [-0.4, -0.2) is 15.5 Å². The third-order valence-corrected chi connectivity index (χ3v) is 4.64. The molecular formula is C20H23CuN3O5S. The van der Waals surface area contributed by atoms with E-state index in [1.54, 1.807) is 30.3 Å². The average Bonchev–Trinajstić information content (AvgIpc) is 2.71. The van der Waals surface area contributed by atoms with E-state index >= 15 is 0 Å². The van der Waals surface area contributed by atoms with Gasteiger partial charge in [-0.05, 0) is 48.6 Å². The summed E-state index contributed by atoms with van der Waals surface area (Å²) in [4.78, 5) is 0.327. The van der Waals surface area contributed by atoms with Gasteiger partial charge in [0.05, 0.1) is 16.9 Å². The number of azo groups is 1. The molecule has 10 heteroatoms. The van der Waals surface area contributed by atoms with Crippen LogP contribution < -0.4 is 5.73 Å². The smallest absolute Gasteiger partial charge is 0.154 e. The number of benzene rings is 3. The quantitative estimate of drug-likeness (QED) is 0.0839. The first-order chi connectivity index (χ1) is 13.9. The molecule has 0 spiro atoms. The van der Waals surface area contributed by atoms with Crippen molar-refractivity contribution < 1.29 is 41.9 Å². The first kappa shape index (κ1) is 25.7. The van der Waals surface area contributed by atoms with E-state index < -0.39 is 0 Å². The maximum absolute atomic E-state index is 10.8. The molecule has 0 saturated carbocycles. The largest absolute Gasteiger partial charge is 0.506 e. The Labute approximate surface area is 189 Å². The maximum Gasteiger partial charge on any atom is 0.154 e. The maximum atomic E-state index is 10.8. The van der Waals surface area contributed by atoms with Gasteiger partial charge in [-0.2, -0.15) is 0 Å². The number of aromatic hydroxyl groups is 2. The molecular weight excluding hydrogens is 458 g/mol. The number of hydrogen-bond acceptors (Lipinski definition) is 9. The fourth-order valence-corrected chi connectivity index (χ4v) is 3.10. The van der Waals surface area contributed by atoms with Crippen LogP contribution in [0.15, 0.2) is 51.5 Å². The topological polar surface area (TPSA) is 130 Å². The number of hydrogen-bond donors (Lipinski definition) is 4. The van der Waals surface area contributed by atoms with Crippen LogP contribution in [0.5, 0.6) is 11.5 Å².